The predicted octanol–water partition coefficient (Wildman–Crippen LogP) is 6.38. The number of carbonyl (C=O) groups excluding carboxylic acids is 4. The van der Waals surface area contributed by atoms with Gasteiger partial charge in [0, 0.05) is 30.8 Å². The molecule has 10 heteroatoms. The predicted molar refractivity (Wildman–Crippen MR) is 182 cm³/mol. The molecule has 0 unspecified atom stereocenters. The first-order valence-electron chi connectivity index (χ1n) is 15.5. The average molecular weight is 635 g/mol. The summed E-state index contributed by atoms with van der Waals surface area (Å²) in [5, 5.41) is 5.65. The van der Waals surface area contributed by atoms with Gasteiger partial charge in [-0.2, -0.15) is 0 Å². The van der Waals surface area contributed by atoms with E-state index in [0.717, 1.165) is 11.1 Å². The molecule has 1 aliphatic rings. The number of hydrogen-bond acceptors (Lipinski definition) is 6. The average Bonchev–Trinajstić information content (AvgIpc) is 3.08. The molecule has 0 atom stereocenters. The first-order valence-corrected chi connectivity index (χ1v) is 15.5. The summed E-state index contributed by atoms with van der Waals surface area (Å²) < 4.78 is 10.6. The van der Waals surface area contributed by atoms with Crippen LogP contribution in [0.1, 0.15) is 40.4 Å². The number of anilines is 4. The van der Waals surface area contributed by atoms with Crippen LogP contribution in [0.2, 0.25) is 0 Å². The van der Waals surface area contributed by atoms with Crippen LogP contribution in [0.5, 0.6) is 5.75 Å². The Morgan fingerprint density at radius 2 is 1.47 bits per heavy atom. The summed E-state index contributed by atoms with van der Waals surface area (Å²) in [7, 11) is 1.50. The molecular weight excluding hydrogens is 596 g/mol. The smallest absolute Gasteiger partial charge is 0.323 e. The van der Waals surface area contributed by atoms with Gasteiger partial charge in [0.15, 0.2) is 0 Å². The number of urea groups is 1. The van der Waals surface area contributed by atoms with Crippen LogP contribution in [-0.2, 0) is 27.2 Å². The number of hydrogen-bond donors (Lipinski definition) is 2. The van der Waals surface area contributed by atoms with Gasteiger partial charge in [0.1, 0.15) is 5.75 Å². The van der Waals surface area contributed by atoms with Crippen molar-refractivity contribution in [3.63, 3.8) is 0 Å². The summed E-state index contributed by atoms with van der Waals surface area (Å²) in [5.74, 6) is -0.193. The number of esters is 1. The van der Waals surface area contributed by atoms with Gasteiger partial charge in [-0.05, 0) is 79.4 Å². The van der Waals surface area contributed by atoms with E-state index in [9.17, 15) is 19.2 Å². The highest BCUT2D eigenvalue weighted by Gasteiger charge is 2.31. The molecule has 242 valence electrons. The van der Waals surface area contributed by atoms with Crippen LogP contribution < -0.4 is 25.2 Å². The molecule has 0 radical (unpaired) electrons. The summed E-state index contributed by atoms with van der Waals surface area (Å²) in [4.78, 5) is 55.5. The number of carbonyl (C=O) groups is 4. The Morgan fingerprint density at radius 1 is 0.766 bits per heavy atom. The molecule has 0 aliphatic carbocycles. The topological polar surface area (TPSA) is 117 Å². The zero-order valence-electron chi connectivity index (χ0n) is 26.7. The minimum atomic E-state index is -0.414. The van der Waals surface area contributed by atoms with Crippen LogP contribution in [-0.4, -0.2) is 50.6 Å². The maximum atomic E-state index is 13.8. The van der Waals surface area contributed by atoms with Crippen LogP contribution in [0.4, 0.5) is 27.5 Å². The molecule has 4 aromatic carbocycles. The van der Waals surface area contributed by atoms with Crippen LogP contribution >= 0.6 is 0 Å². The lowest BCUT2D eigenvalue weighted by Gasteiger charge is -2.37. The van der Waals surface area contributed by atoms with E-state index in [4.69, 9.17) is 9.47 Å². The Hall–Kier alpha value is -5.64. The van der Waals surface area contributed by atoms with Gasteiger partial charge in [0.2, 0.25) is 5.91 Å². The monoisotopic (exact) mass is 634 g/mol. The Balaban J connectivity index is 1.34. The zero-order chi connectivity index (χ0) is 33.3. The number of nitrogens with zero attached hydrogens (tertiary/aromatic N) is 2. The SMILES string of the molecule is CCOC(=O)CCc1ccc2c(c1)N(C(=O)c1ccccc1)CCN2C(=O)Cc1ccc(NC(=O)Nc2ccccc2C)c(OC)c1. The van der Waals surface area contributed by atoms with E-state index in [0.29, 0.717) is 65.7 Å². The molecule has 1 heterocycles. The number of fused-ring (bicyclic) bond motifs is 1. The van der Waals surface area contributed by atoms with Gasteiger partial charge in [-0.15, -0.1) is 0 Å². The minimum absolute atomic E-state index is 0.0722. The van der Waals surface area contributed by atoms with Gasteiger partial charge in [-0.3, -0.25) is 14.4 Å². The molecule has 0 aromatic heterocycles. The molecule has 10 nitrogen and oxygen atoms in total. The van der Waals surface area contributed by atoms with Crippen LogP contribution in [0.25, 0.3) is 0 Å². The quantitative estimate of drug-likeness (QED) is 0.196. The minimum Gasteiger partial charge on any atom is -0.495 e. The Kier molecular flexibility index (Phi) is 10.5. The van der Waals surface area contributed by atoms with E-state index in [1.165, 1.54) is 7.11 Å². The molecule has 0 saturated heterocycles. The summed E-state index contributed by atoms with van der Waals surface area (Å²) in [6.07, 6.45) is 0.724. The van der Waals surface area contributed by atoms with Gasteiger partial charge in [0.25, 0.3) is 5.91 Å². The molecule has 4 aromatic rings. The third-order valence-electron chi connectivity index (χ3n) is 7.92. The normalized spacial score (nSPS) is 12.1. The van der Waals surface area contributed by atoms with Gasteiger partial charge >= 0.3 is 12.0 Å². The van der Waals surface area contributed by atoms with Crippen molar-refractivity contribution in [2.24, 2.45) is 0 Å². The van der Waals surface area contributed by atoms with Crippen molar-refractivity contribution < 1.29 is 28.7 Å². The maximum absolute atomic E-state index is 13.8. The summed E-state index contributed by atoms with van der Waals surface area (Å²) in [6.45, 7) is 4.60. The lowest BCUT2D eigenvalue weighted by Crippen LogP contribution is -2.47. The fraction of sp³-hybridized carbons (Fsp3) is 0.243. The highest BCUT2D eigenvalue weighted by molar-refractivity contribution is 6.11. The van der Waals surface area contributed by atoms with Crippen molar-refractivity contribution in [2.75, 3.05) is 47.2 Å². The second kappa shape index (κ2) is 15.1. The van der Waals surface area contributed by atoms with Crippen LogP contribution in [0.3, 0.4) is 0 Å². The van der Waals surface area contributed by atoms with E-state index in [-0.39, 0.29) is 30.6 Å². The van der Waals surface area contributed by atoms with Crippen molar-refractivity contribution in [3.05, 3.63) is 113 Å². The second-order valence-corrected chi connectivity index (χ2v) is 11.1. The number of ether oxygens (including phenoxy) is 2. The van der Waals surface area contributed by atoms with E-state index < -0.39 is 6.03 Å². The summed E-state index contributed by atoms with van der Waals surface area (Å²) in [5.41, 5.74) is 5.42. The molecular formula is C37H38N4O6. The maximum Gasteiger partial charge on any atom is 0.323 e. The molecule has 0 fully saturated rings. The number of benzene rings is 4. The lowest BCUT2D eigenvalue weighted by molar-refractivity contribution is -0.143. The second-order valence-electron chi connectivity index (χ2n) is 11.1. The molecule has 1 aliphatic heterocycles. The Morgan fingerprint density at radius 3 is 2.21 bits per heavy atom. The number of nitrogens with one attached hydrogen (secondary N) is 2. The van der Waals surface area contributed by atoms with Crippen molar-refractivity contribution >= 4 is 46.6 Å². The summed E-state index contributed by atoms with van der Waals surface area (Å²) in [6, 6.07) is 26.9. The van der Waals surface area contributed by atoms with Crippen molar-refractivity contribution in [1.82, 2.24) is 0 Å². The highest BCUT2D eigenvalue weighted by atomic mass is 16.5. The largest absolute Gasteiger partial charge is 0.495 e. The first-order chi connectivity index (χ1) is 22.8. The van der Waals surface area contributed by atoms with Crippen molar-refractivity contribution in [2.45, 2.75) is 33.1 Å². The van der Waals surface area contributed by atoms with Crippen LogP contribution in [0.15, 0.2) is 91.0 Å². The number of rotatable bonds is 10. The number of aryl methyl sites for hydroxylation is 2. The lowest BCUT2D eigenvalue weighted by atomic mass is 10.0. The van der Waals surface area contributed by atoms with Crippen molar-refractivity contribution in [3.8, 4) is 5.75 Å². The standard InChI is InChI=1S/C37H38N4O6/c1-4-47-35(43)19-16-26-15-18-31-32(22-26)41(36(44)28-11-6-5-7-12-28)21-20-40(31)34(42)24-27-14-17-30(33(23-27)46-3)39-37(45)38-29-13-9-8-10-25(29)2/h5-15,17-18,22-23H,4,16,19-21,24H2,1-3H3,(H2,38,39,45). The molecule has 0 spiro atoms. The molecule has 0 saturated carbocycles. The fourth-order valence-corrected chi connectivity index (χ4v) is 5.50. The molecule has 0 bridgehead atoms. The van der Waals surface area contributed by atoms with Crippen molar-refractivity contribution in [1.29, 1.82) is 0 Å². The third kappa shape index (κ3) is 7.96. The summed E-state index contributed by atoms with van der Waals surface area (Å²) >= 11 is 0. The van der Waals surface area contributed by atoms with Gasteiger partial charge < -0.3 is 29.9 Å². The number of para-hydroxylation sites is 1. The van der Waals surface area contributed by atoms with Gasteiger partial charge in [-0.1, -0.05) is 48.5 Å². The van der Waals surface area contributed by atoms with E-state index >= 15 is 0 Å². The zero-order valence-corrected chi connectivity index (χ0v) is 26.7. The molecule has 5 rings (SSSR count). The van der Waals surface area contributed by atoms with E-state index in [2.05, 4.69) is 10.6 Å². The van der Waals surface area contributed by atoms with E-state index in [1.807, 2.05) is 67.6 Å². The molecule has 4 amide bonds. The number of amides is 4. The molecule has 47 heavy (non-hydrogen) atoms. The Labute approximate surface area is 274 Å². The van der Waals surface area contributed by atoms with Crippen LogP contribution in [0, 0.1) is 6.92 Å². The fourth-order valence-electron chi connectivity index (χ4n) is 5.50. The van der Waals surface area contributed by atoms with Gasteiger partial charge in [0.05, 0.1) is 37.2 Å². The molecule has 2 N–H and O–H groups in total. The van der Waals surface area contributed by atoms with E-state index in [1.54, 1.807) is 47.1 Å². The third-order valence-corrected chi connectivity index (χ3v) is 7.92. The first kappa shape index (κ1) is 32.7. The highest BCUT2D eigenvalue weighted by Crippen LogP contribution is 2.36. The van der Waals surface area contributed by atoms with Gasteiger partial charge in [-0.25, -0.2) is 4.79 Å². The number of methoxy groups -OCH3 is 1. The Bertz CT molecular complexity index is 1770.